The van der Waals surface area contributed by atoms with Gasteiger partial charge in [0.15, 0.2) is 0 Å². The van der Waals surface area contributed by atoms with Gasteiger partial charge in [0, 0.05) is 12.7 Å². The van der Waals surface area contributed by atoms with Crippen LogP contribution in [0, 0.1) is 11.8 Å². The van der Waals surface area contributed by atoms with Gasteiger partial charge in [-0.1, -0.05) is 39.8 Å². The largest absolute Gasteiger partial charge is 0.355 e. The van der Waals surface area contributed by atoms with Crippen LogP contribution >= 0.6 is 0 Å². The topological polar surface area (TPSA) is 3.24 Å². The van der Waals surface area contributed by atoms with Crippen molar-refractivity contribution in [2.45, 2.75) is 34.6 Å². The van der Waals surface area contributed by atoms with Crippen molar-refractivity contribution in [2.75, 3.05) is 7.05 Å². The first-order valence-corrected chi connectivity index (χ1v) is 4.97. The second-order valence-electron chi connectivity index (χ2n) is 4.17. The molecule has 0 radical (unpaired) electrons. The highest BCUT2D eigenvalue weighted by Gasteiger charge is 2.12. The van der Waals surface area contributed by atoms with Gasteiger partial charge in [0.2, 0.25) is 0 Å². The van der Waals surface area contributed by atoms with Crippen LogP contribution in [0.25, 0.3) is 0 Å². The van der Waals surface area contributed by atoms with Gasteiger partial charge in [-0.15, -0.1) is 0 Å². The minimum atomic E-state index is 0.561. The second-order valence-corrected chi connectivity index (χ2v) is 4.17. The predicted octanol–water partition coefficient (Wildman–Crippen LogP) is 3.65. The van der Waals surface area contributed by atoms with Gasteiger partial charge < -0.3 is 4.90 Å². The van der Waals surface area contributed by atoms with Crippen LogP contribution in [-0.4, -0.2) is 11.9 Å². The highest BCUT2D eigenvalue weighted by molar-refractivity contribution is 5.16. The zero-order valence-corrected chi connectivity index (χ0v) is 9.89. The lowest BCUT2D eigenvalue weighted by Crippen LogP contribution is -2.18. The highest BCUT2D eigenvalue weighted by Crippen LogP contribution is 2.23. The number of nitrogens with zero attached hydrogens (tertiary/aromatic N) is 1. The van der Waals surface area contributed by atoms with E-state index in [9.17, 15) is 0 Å². The van der Waals surface area contributed by atoms with Crippen molar-refractivity contribution in [1.82, 2.24) is 4.90 Å². The summed E-state index contributed by atoms with van der Waals surface area (Å²) in [6, 6.07) is 0. The molecular formula is C12H23N. The molecule has 0 aliphatic rings. The van der Waals surface area contributed by atoms with Gasteiger partial charge in [0.25, 0.3) is 0 Å². The van der Waals surface area contributed by atoms with Crippen LogP contribution in [0.2, 0.25) is 0 Å². The maximum atomic E-state index is 3.80. The van der Waals surface area contributed by atoms with Crippen molar-refractivity contribution >= 4 is 0 Å². The van der Waals surface area contributed by atoms with Crippen molar-refractivity contribution in [3.05, 3.63) is 24.0 Å². The van der Waals surface area contributed by atoms with E-state index in [4.69, 9.17) is 0 Å². The van der Waals surface area contributed by atoms with Crippen LogP contribution in [0.15, 0.2) is 24.0 Å². The first-order valence-electron chi connectivity index (χ1n) is 4.97. The smallest absolute Gasteiger partial charge is 0.0188 e. The van der Waals surface area contributed by atoms with Gasteiger partial charge in [-0.3, -0.25) is 0 Å². The molecule has 1 heteroatoms. The lowest BCUT2D eigenvalue weighted by Gasteiger charge is -2.26. The minimum absolute atomic E-state index is 0.561. The third kappa shape index (κ3) is 3.25. The average Bonchev–Trinajstić information content (AvgIpc) is 2.03. The van der Waals surface area contributed by atoms with Crippen LogP contribution in [0.3, 0.4) is 0 Å². The Balaban J connectivity index is 4.99. The first-order chi connectivity index (χ1) is 5.91. The van der Waals surface area contributed by atoms with Crippen molar-refractivity contribution in [3.8, 4) is 0 Å². The average molecular weight is 181 g/mol. The summed E-state index contributed by atoms with van der Waals surface area (Å²) in [4.78, 5) is 2.12. The monoisotopic (exact) mass is 181 g/mol. The van der Waals surface area contributed by atoms with E-state index in [0.717, 1.165) is 0 Å². The molecule has 76 valence electrons. The molecule has 0 spiro atoms. The van der Waals surface area contributed by atoms with E-state index in [2.05, 4.69) is 53.1 Å². The van der Waals surface area contributed by atoms with E-state index in [1.165, 1.54) is 11.3 Å². The van der Waals surface area contributed by atoms with Gasteiger partial charge in [0.1, 0.15) is 0 Å². The molecule has 0 atom stereocenters. The molecule has 0 amide bonds. The standard InChI is InChI=1S/C12H23N/c1-8-13(7)12(10(4)5)11(6)9(2)3/h8-10H,1H2,2-7H3/b12-11+. The number of hydrogen-bond acceptors (Lipinski definition) is 1. The Hall–Kier alpha value is -0.720. The Bertz CT molecular complexity index is 199. The third-order valence-electron chi connectivity index (χ3n) is 2.47. The number of allylic oxidation sites excluding steroid dienone is 2. The highest BCUT2D eigenvalue weighted by atomic mass is 15.1. The summed E-state index contributed by atoms with van der Waals surface area (Å²) in [6.45, 7) is 14.9. The van der Waals surface area contributed by atoms with E-state index < -0.39 is 0 Å². The van der Waals surface area contributed by atoms with Gasteiger partial charge >= 0.3 is 0 Å². The molecule has 0 aliphatic carbocycles. The van der Waals surface area contributed by atoms with E-state index >= 15 is 0 Å². The van der Waals surface area contributed by atoms with Gasteiger partial charge in [-0.25, -0.2) is 0 Å². The Morgan fingerprint density at radius 3 is 1.85 bits per heavy atom. The van der Waals surface area contributed by atoms with Crippen LogP contribution in [-0.2, 0) is 0 Å². The molecule has 1 nitrogen and oxygen atoms in total. The molecule has 0 aromatic rings. The predicted molar refractivity (Wildman–Crippen MR) is 60.3 cm³/mol. The van der Waals surface area contributed by atoms with E-state index in [1.807, 2.05) is 6.20 Å². The molecule has 0 aromatic carbocycles. The van der Waals surface area contributed by atoms with Crippen LogP contribution in [0.1, 0.15) is 34.6 Å². The maximum absolute atomic E-state index is 3.80. The summed E-state index contributed by atoms with van der Waals surface area (Å²) in [6.07, 6.45) is 1.88. The van der Waals surface area contributed by atoms with Gasteiger partial charge in [0.05, 0.1) is 0 Å². The fourth-order valence-corrected chi connectivity index (χ4v) is 1.53. The van der Waals surface area contributed by atoms with Gasteiger partial charge in [-0.05, 0) is 25.0 Å². The SMILES string of the molecule is C=CN(C)/C(=C(\C)C(C)C)C(C)C. The minimum Gasteiger partial charge on any atom is -0.355 e. The fourth-order valence-electron chi connectivity index (χ4n) is 1.53. The third-order valence-corrected chi connectivity index (χ3v) is 2.47. The molecule has 0 saturated heterocycles. The maximum Gasteiger partial charge on any atom is 0.0188 e. The molecule has 13 heavy (non-hydrogen) atoms. The Kier molecular flexibility index (Phi) is 4.82. The van der Waals surface area contributed by atoms with E-state index in [1.54, 1.807) is 0 Å². The Labute approximate surface area is 83.1 Å². The van der Waals surface area contributed by atoms with Crippen LogP contribution < -0.4 is 0 Å². The molecule has 0 rings (SSSR count). The normalized spacial score (nSPS) is 13.2. The summed E-state index contributed by atoms with van der Waals surface area (Å²) < 4.78 is 0. The summed E-state index contributed by atoms with van der Waals surface area (Å²) in [5.74, 6) is 1.17. The molecule has 0 fully saturated rings. The fraction of sp³-hybridized carbons (Fsp3) is 0.667. The molecule has 0 saturated carbocycles. The van der Waals surface area contributed by atoms with Crippen molar-refractivity contribution in [3.63, 3.8) is 0 Å². The van der Waals surface area contributed by atoms with Crippen LogP contribution in [0.5, 0.6) is 0 Å². The van der Waals surface area contributed by atoms with E-state index in [0.29, 0.717) is 11.8 Å². The number of rotatable bonds is 4. The Morgan fingerprint density at radius 2 is 1.62 bits per heavy atom. The van der Waals surface area contributed by atoms with Crippen LogP contribution in [0.4, 0.5) is 0 Å². The zero-order valence-electron chi connectivity index (χ0n) is 9.89. The zero-order chi connectivity index (χ0) is 10.6. The molecule has 0 bridgehead atoms. The summed E-state index contributed by atoms with van der Waals surface area (Å²) >= 11 is 0. The summed E-state index contributed by atoms with van der Waals surface area (Å²) in [7, 11) is 2.06. The van der Waals surface area contributed by atoms with Gasteiger partial charge in [-0.2, -0.15) is 0 Å². The second kappa shape index (κ2) is 5.11. The lowest BCUT2D eigenvalue weighted by molar-refractivity contribution is 0.468. The first kappa shape index (κ1) is 12.3. The van der Waals surface area contributed by atoms with E-state index in [-0.39, 0.29) is 0 Å². The molecule has 0 unspecified atom stereocenters. The Morgan fingerprint density at radius 1 is 1.15 bits per heavy atom. The molecule has 0 heterocycles. The van der Waals surface area contributed by atoms with Crippen molar-refractivity contribution in [2.24, 2.45) is 11.8 Å². The quantitative estimate of drug-likeness (QED) is 0.640. The lowest BCUT2D eigenvalue weighted by atomic mass is 9.96. The summed E-state index contributed by atoms with van der Waals surface area (Å²) in [5.41, 5.74) is 2.85. The molecule has 0 aliphatic heterocycles. The molecule has 0 aromatic heterocycles. The van der Waals surface area contributed by atoms with Crippen molar-refractivity contribution in [1.29, 1.82) is 0 Å². The summed E-state index contributed by atoms with van der Waals surface area (Å²) in [5, 5.41) is 0. The molecular weight excluding hydrogens is 158 g/mol. The number of hydrogen-bond donors (Lipinski definition) is 0. The van der Waals surface area contributed by atoms with Crippen molar-refractivity contribution < 1.29 is 0 Å². The molecule has 0 N–H and O–H groups in total.